The Balaban J connectivity index is 0.000000197. The zero-order valence-corrected chi connectivity index (χ0v) is 14.6. The summed E-state index contributed by atoms with van der Waals surface area (Å²) in [5, 5.41) is 8.42. The molecule has 3 aromatic rings. The third kappa shape index (κ3) is 4.27. The van der Waals surface area contributed by atoms with Gasteiger partial charge in [0.2, 0.25) is 0 Å². The van der Waals surface area contributed by atoms with Crippen LogP contribution >= 0.6 is 0 Å². The summed E-state index contributed by atoms with van der Waals surface area (Å²) in [7, 11) is 1.62. The SMILES string of the molecule is Cn1nc2ccc(N3CCC[C@@H](N)C3)nn2c1=O.Fc1ccc(F)c(F)c1. The number of nitrogens with zero attached hydrogens (tertiary/aromatic N) is 5. The summed E-state index contributed by atoms with van der Waals surface area (Å²) in [6.07, 6.45) is 2.11. The van der Waals surface area contributed by atoms with Gasteiger partial charge in [0.25, 0.3) is 0 Å². The van der Waals surface area contributed by atoms with Crippen molar-refractivity contribution in [3.63, 3.8) is 0 Å². The number of rotatable bonds is 1. The van der Waals surface area contributed by atoms with Crippen LogP contribution in [0.25, 0.3) is 5.65 Å². The summed E-state index contributed by atoms with van der Waals surface area (Å²) in [5.74, 6) is -2.17. The Hall–Kier alpha value is -2.88. The highest BCUT2D eigenvalue weighted by atomic mass is 19.2. The van der Waals surface area contributed by atoms with Gasteiger partial charge in [-0.1, -0.05) is 0 Å². The van der Waals surface area contributed by atoms with Crippen LogP contribution < -0.4 is 16.3 Å². The molecular formula is C17H19F3N6O. The predicted molar refractivity (Wildman–Crippen MR) is 94.0 cm³/mol. The maximum Gasteiger partial charge on any atom is 0.366 e. The molecule has 10 heteroatoms. The Morgan fingerprint density at radius 3 is 2.56 bits per heavy atom. The molecule has 1 fully saturated rings. The first kappa shape index (κ1) is 18.9. The van der Waals surface area contributed by atoms with Crippen molar-refractivity contribution >= 4 is 11.5 Å². The van der Waals surface area contributed by atoms with Gasteiger partial charge >= 0.3 is 5.69 Å². The first-order valence-electron chi connectivity index (χ1n) is 8.39. The van der Waals surface area contributed by atoms with Crippen LogP contribution in [0.1, 0.15) is 12.8 Å². The summed E-state index contributed by atoms with van der Waals surface area (Å²) in [4.78, 5) is 13.9. The molecule has 1 aromatic carbocycles. The van der Waals surface area contributed by atoms with Crippen LogP contribution in [0.4, 0.5) is 19.0 Å². The van der Waals surface area contributed by atoms with Gasteiger partial charge in [-0.3, -0.25) is 0 Å². The highest BCUT2D eigenvalue weighted by Crippen LogP contribution is 2.16. The molecule has 2 N–H and O–H groups in total. The van der Waals surface area contributed by atoms with Gasteiger partial charge in [0, 0.05) is 32.2 Å². The molecule has 0 amide bonds. The van der Waals surface area contributed by atoms with Crippen LogP contribution in [0.5, 0.6) is 0 Å². The molecule has 27 heavy (non-hydrogen) atoms. The zero-order chi connectivity index (χ0) is 19.6. The molecule has 0 radical (unpaired) electrons. The molecular weight excluding hydrogens is 361 g/mol. The number of benzene rings is 1. The molecule has 4 rings (SSSR count). The molecule has 0 spiro atoms. The van der Waals surface area contributed by atoms with Gasteiger partial charge in [-0.25, -0.2) is 22.6 Å². The number of hydrogen-bond donors (Lipinski definition) is 1. The van der Waals surface area contributed by atoms with E-state index in [0.29, 0.717) is 11.7 Å². The van der Waals surface area contributed by atoms with Crippen LogP contribution in [-0.2, 0) is 7.05 Å². The summed E-state index contributed by atoms with van der Waals surface area (Å²) in [5.41, 5.74) is 6.29. The van der Waals surface area contributed by atoms with Gasteiger partial charge in [-0.2, -0.15) is 4.52 Å². The predicted octanol–water partition coefficient (Wildman–Crippen LogP) is 1.46. The zero-order valence-electron chi connectivity index (χ0n) is 14.6. The van der Waals surface area contributed by atoms with Crippen LogP contribution in [0.2, 0.25) is 0 Å². The normalized spacial score (nSPS) is 16.9. The van der Waals surface area contributed by atoms with Gasteiger partial charge in [-0.05, 0) is 37.1 Å². The van der Waals surface area contributed by atoms with Gasteiger partial charge < -0.3 is 10.6 Å². The van der Waals surface area contributed by atoms with Crippen molar-refractivity contribution in [2.24, 2.45) is 12.8 Å². The van der Waals surface area contributed by atoms with Crippen molar-refractivity contribution in [2.45, 2.75) is 18.9 Å². The van der Waals surface area contributed by atoms with Gasteiger partial charge in [0.05, 0.1) is 0 Å². The van der Waals surface area contributed by atoms with E-state index in [1.807, 2.05) is 12.1 Å². The van der Waals surface area contributed by atoms with E-state index in [-0.39, 0.29) is 11.7 Å². The molecule has 0 bridgehead atoms. The second-order valence-electron chi connectivity index (χ2n) is 6.27. The largest absolute Gasteiger partial charge is 0.366 e. The standard InChI is InChI=1S/C11H16N6O.C6H3F3/c1-15-11(18)17-10(13-15)5-4-9(14-17)16-6-2-3-8(12)7-16;7-4-1-2-5(8)6(9)3-4/h4-5,8H,2-3,6-7,12H2,1H3;1-3H/t8-;/m1./s1. The lowest BCUT2D eigenvalue weighted by Crippen LogP contribution is -2.43. The Kier molecular flexibility index (Phi) is 5.45. The third-order valence-corrected chi connectivity index (χ3v) is 4.17. The van der Waals surface area contributed by atoms with Crippen molar-refractivity contribution in [1.82, 2.24) is 19.4 Å². The fourth-order valence-electron chi connectivity index (χ4n) is 2.81. The molecule has 144 valence electrons. The Bertz CT molecular complexity index is 1000. The Morgan fingerprint density at radius 1 is 1.11 bits per heavy atom. The van der Waals surface area contributed by atoms with Crippen molar-refractivity contribution in [2.75, 3.05) is 18.0 Å². The maximum absolute atomic E-state index is 12.0. The van der Waals surface area contributed by atoms with E-state index in [0.717, 1.165) is 43.9 Å². The number of piperidine rings is 1. The molecule has 7 nitrogen and oxygen atoms in total. The molecule has 1 saturated heterocycles. The molecule has 2 aromatic heterocycles. The molecule has 3 heterocycles. The average Bonchev–Trinajstić information content (AvgIpc) is 2.93. The molecule has 0 unspecified atom stereocenters. The third-order valence-electron chi connectivity index (χ3n) is 4.17. The van der Waals surface area contributed by atoms with E-state index in [1.54, 1.807) is 7.05 Å². The minimum absolute atomic E-state index is 0.182. The lowest BCUT2D eigenvalue weighted by Gasteiger charge is -2.31. The highest BCUT2D eigenvalue weighted by Gasteiger charge is 2.18. The first-order chi connectivity index (χ1) is 12.8. The van der Waals surface area contributed by atoms with E-state index in [4.69, 9.17) is 5.73 Å². The van der Waals surface area contributed by atoms with E-state index < -0.39 is 17.5 Å². The van der Waals surface area contributed by atoms with Gasteiger partial charge in [0.15, 0.2) is 17.3 Å². The van der Waals surface area contributed by atoms with Crippen molar-refractivity contribution in [3.05, 3.63) is 58.3 Å². The van der Waals surface area contributed by atoms with E-state index >= 15 is 0 Å². The highest BCUT2D eigenvalue weighted by molar-refractivity contribution is 5.45. The fraction of sp³-hybridized carbons (Fsp3) is 0.353. The maximum atomic E-state index is 12.0. The van der Waals surface area contributed by atoms with Crippen LogP contribution in [0.15, 0.2) is 35.1 Å². The average molecular weight is 380 g/mol. The van der Waals surface area contributed by atoms with Gasteiger partial charge in [-0.15, -0.1) is 10.2 Å². The monoisotopic (exact) mass is 380 g/mol. The molecule has 1 aliphatic rings. The minimum Gasteiger partial charge on any atom is -0.354 e. The van der Waals surface area contributed by atoms with E-state index in [1.165, 1.54) is 9.20 Å². The minimum atomic E-state index is -1.16. The summed E-state index contributed by atoms with van der Waals surface area (Å²) in [6.45, 7) is 1.72. The number of anilines is 1. The molecule has 1 aliphatic heterocycles. The number of aromatic nitrogens is 4. The topological polar surface area (TPSA) is 81.4 Å². The van der Waals surface area contributed by atoms with Crippen molar-refractivity contribution < 1.29 is 13.2 Å². The van der Waals surface area contributed by atoms with E-state index in [2.05, 4.69) is 15.1 Å². The summed E-state index contributed by atoms with van der Waals surface area (Å²) in [6, 6.07) is 5.98. The van der Waals surface area contributed by atoms with Crippen molar-refractivity contribution in [1.29, 1.82) is 0 Å². The lowest BCUT2D eigenvalue weighted by atomic mass is 10.1. The number of hydrogen-bond acceptors (Lipinski definition) is 5. The summed E-state index contributed by atoms with van der Waals surface area (Å²) < 4.78 is 38.5. The first-order valence-corrected chi connectivity index (χ1v) is 8.39. The van der Waals surface area contributed by atoms with Crippen molar-refractivity contribution in [3.8, 4) is 0 Å². The van der Waals surface area contributed by atoms with Crippen LogP contribution in [0, 0.1) is 17.5 Å². The second-order valence-corrected chi connectivity index (χ2v) is 6.27. The van der Waals surface area contributed by atoms with Gasteiger partial charge in [0.1, 0.15) is 11.6 Å². The smallest absolute Gasteiger partial charge is 0.354 e. The fourth-order valence-corrected chi connectivity index (χ4v) is 2.81. The van der Waals surface area contributed by atoms with Crippen LogP contribution in [0.3, 0.4) is 0 Å². The Morgan fingerprint density at radius 2 is 1.89 bits per heavy atom. The van der Waals surface area contributed by atoms with Crippen LogP contribution in [-0.4, -0.2) is 38.5 Å². The molecule has 0 aliphatic carbocycles. The molecule has 1 atom stereocenters. The van der Waals surface area contributed by atoms with E-state index in [9.17, 15) is 18.0 Å². The summed E-state index contributed by atoms with van der Waals surface area (Å²) >= 11 is 0. The Labute approximate surface area is 152 Å². The quantitative estimate of drug-likeness (QED) is 0.647. The number of halogens is 3. The second kappa shape index (κ2) is 7.78. The number of fused-ring (bicyclic) bond motifs is 1. The number of nitrogens with two attached hydrogens (primary N) is 1. The molecule has 0 saturated carbocycles. The lowest BCUT2D eigenvalue weighted by molar-refractivity contribution is 0.495. The number of aryl methyl sites for hydroxylation is 1.